The second-order valence-electron chi connectivity index (χ2n) is 4.81. The molecule has 2 amide bonds. The highest BCUT2D eigenvalue weighted by molar-refractivity contribution is 5.88. The summed E-state index contributed by atoms with van der Waals surface area (Å²) in [5.74, 6) is 0.771. The lowest BCUT2D eigenvalue weighted by Gasteiger charge is -2.12. The maximum absolute atomic E-state index is 11.7. The zero-order valence-electron chi connectivity index (χ0n) is 12.4. The van der Waals surface area contributed by atoms with Crippen molar-refractivity contribution in [3.8, 4) is 5.75 Å². The first-order valence-corrected chi connectivity index (χ1v) is 6.73. The SMILES string of the molecule is Cc1ccc(NC(=O)NCOc2cccc(C)c2C)cn1. The largest absolute Gasteiger partial charge is 0.473 e. The summed E-state index contributed by atoms with van der Waals surface area (Å²) < 4.78 is 5.56. The smallest absolute Gasteiger partial charge is 0.321 e. The van der Waals surface area contributed by atoms with Crippen LogP contribution in [-0.4, -0.2) is 17.7 Å². The van der Waals surface area contributed by atoms with E-state index in [0.717, 1.165) is 22.6 Å². The molecule has 0 fully saturated rings. The number of rotatable bonds is 4. The zero-order chi connectivity index (χ0) is 15.2. The Labute approximate surface area is 124 Å². The van der Waals surface area contributed by atoms with Crippen molar-refractivity contribution in [2.45, 2.75) is 20.8 Å². The first-order valence-electron chi connectivity index (χ1n) is 6.73. The Bertz CT molecular complexity index is 624. The maximum atomic E-state index is 11.7. The molecule has 0 unspecified atom stereocenters. The van der Waals surface area contributed by atoms with Gasteiger partial charge in [0.15, 0.2) is 6.73 Å². The third-order valence-corrected chi connectivity index (χ3v) is 3.18. The number of pyridine rings is 1. The Morgan fingerprint density at radius 2 is 2.00 bits per heavy atom. The summed E-state index contributed by atoms with van der Waals surface area (Å²) in [7, 11) is 0. The molecule has 0 aliphatic rings. The summed E-state index contributed by atoms with van der Waals surface area (Å²) in [5.41, 5.74) is 3.77. The topological polar surface area (TPSA) is 63.2 Å². The van der Waals surface area contributed by atoms with E-state index in [9.17, 15) is 4.79 Å². The molecule has 0 spiro atoms. The van der Waals surface area contributed by atoms with Crippen LogP contribution in [0.4, 0.5) is 10.5 Å². The first kappa shape index (κ1) is 14.8. The molecule has 0 aliphatic carbocycles. The molecular weight excluding hydrogens is 266 g/mol. The lowest BCUT2D eigenvalue weighted by atomic mass is 10.1. The van der Waals surface area contributed by atoms with Gasteiger partial charge in [-0.1, -0.05) is 12.1 Å². The number of hydrogen-bond acceptors (Lipinski definition) is 3. The molecule has 110 valence electrons. The summed E-state index contributed by atoms with van der Waals surface area (Å²) in [6.45, 7) is 6.01. The number of nitrogens with one attached hydrogen (secondary N) is 2. The number of aryl methyl sites for hydroxylation is 2. The molecule has 21 heavy (non-hydrogen) atoms. The van der Waals surface area contributed by atoms with Crippen LogP contribution in [0.3, 0.4) is 0 Å². The van der Waals surface area contributed by atoms with E-state index in [1.165, 1.54) is 0 Å². The fraction of sp³-hybridized carbons (Fsp3) is 0.250. The van der Waals surface area contributed by atoms with E-state index in [4.69, 9.17) is 4.74 Å². The van der Waals surface area contributed by atoms with Crippen LogP contribution in [0.15, 0.2) is 36.5 Å². The molecule has 0 atom stereocenters. The van der Waals surface area contributed by atoms with Crippen molar-refractivity contribution in [2.75, 3.05) is 12.0 Å². The van der Waals surface area contributed by atoms with Crippen LogP contribution in [0, 0.1) is 20.8 Å². The Balaban J connectivity index is 1.81. The second-order valence-corrected chi connectivity index (χ2v) is 4.81. The summed E-state index contributed by atoms with van der Waals surface area (Å²) in [5, 5.41) is 5.33. The van der Waals surface area contributed by atoms with Gasteiger partial charge in [-0.05, 0) is 50.1 Å². The number of carbonyl (C=O) groups excluding carboxylic acids is 1. The van der Waals surface area contributed by atoms with Gasteiger partial charge in [0.25, 0.3) is 0 Å². The molecule has 2 aromatic rings. The van der Waals surface area contributed by atoms with Gasteiger partial charge in [-0.25, -0.2) is 4.79 Å². The predicted molar refractivity (Wildman–Crippen MR) is 82.5 cm³/mol. The molecule has 5 heteroatoms. The summed E-state index contributed by atoms with van der Waals surface area (Å²) in [4.78, 5) is 15.8. The lowest BCUT2D eigenvalue weighted by molar-refractivity contribution is 0.234. The normalized spacial score (nSPS) is 10.0. The van der Waals surface area contributed by atoms with Gasteiger partial charge in [-0.15, -0.1) is 0 Å². The molecule has 2 N–H and O–H groups in total. The summed E-state index contributed by atoms with van der Waals surface area (Å²) in [6.07, 6.45) is 1.61. The van der Waals surface area contributed by atoms with Crippen LogP contribution < -0.4 is 15.4 Å². The Morgan fingerprint density at radius 3 is 2.71 bits per heavy atom. The van der Waals surface area contributed by atoms with Crippen molar-refractivity contribution >= 4 is 11.7 Å². The van der Waals surface area contributed by atoms with Gasteiger partial charge in [0.1, 0.15) is 5.75 Å². The summed E-state index contributed by atoms with van der Waals surface area (Å²) >= 11 is 0. The molecule has 0 saturated carbocycles. The van der Waals surface area contributed by atoms with Crippen molar-refractivity contribution in [1.29, 1.82) is 0 Å². The van der Waals surface area contributed by atoms with Gasteiger partial charge >= 0.3 is 6.03 Å². The molecule has 5 nitrogen and oxygen atoms in total. The van der Waals surface area contributed by atoms with E-state index in [-0.39, 0.29) is 12.8 Å². The highest BCUT2D eigenvalue weighted by Gasteiger charge is 2.04. The van der Waals surface area contributed by atoms with Gasteiger partial charge in [-0.3, -0.25) is 4.98 Å². The fourth-order valence-corrected chi connectivity index (χ4v) is 1.78. The van der Waals surface area contributed by atoms with Gasteiger partial charge < -0.3 is 15.4 Å². The quantitative estimate of drug-likeness (QED) is 0.848. The minimum Gasteiger partial charge on any atom is -0.473 e. The highest BCUT2D eigenvalue weighted by Crippen LogP contribution is 2.19. The van der Waals surface area contributed by atoms with Gasteiger partial charge in [0, 0.05) is 5.69 Å². The van der Waals surface area contributed by atoms with Crippen LogP contribution in [0.5, 0.6) is 5.75 Å². The van der Waals surface area contributed by atoms with Gasteiger partial charge in [0.05, 0.1) is 11.9 Å². The second kappa shape index (κ2) is 6.74. The number of benzene rings is 1. The van der Waals surface area contributed by atoms with Crippen molar-refractivity contribution in [1.82, 2.24) is 10.3 Å². The van der Waals surface area contributed by atoms with E-state index in [1.807, 2.05) is 45.0 Å². The molecule has 1 heterocycles. The lowest BCUT2D eigenvalue weighted by Crippen LogP contribution is -2.32. The molecule has 0 bridgehead atoms. The number of amides is 2. The van der Waals surface area contributed by atoms with Gasteiger partial charge in [-0.2, -0.15) is 0 Å². The molecular formula is C16H19N3O2. The standard InChI is InChI=1S/C16H19N3O2/c1-11-5-4-6-15(13(11)3)21-10-18-16(20)19-14-8-7-12(2)17-9-14/h4-9H,10H2,1-3H3,(H2,18,19,20). The third kappa shape index (κ3) is 4.21. The molecule has 2 rings (SSSR count). The van der Waals surface area contributed by atoms with Crippen molar-refractivity contribution in [2.24, 2.45) is 0 Å². The molecule has 0 radical (unpaired) electrons. The van der Waals surface area contributed by atoms with Gasteiger partial charge in [0.2, 0.25) is 0 Å². The summed E-state index contributed by atoms with van der Waals surface area (Å²) in [6, 6.07) is 9.13. The number of nitrogens with zero attached hydrogens (tertiary/aromatic N) is 1. The van der Waals surface area contributed by atoms with Crippen LogP contribution in [-0.2, 0) is 0 Å². The first-order chi connectivity index (χ1) is 10.1. The predicted octanol–water partition coefficient (Wildman–Crippen LogP) is 3.16. The Morgan fingerprint density at radius 1 is 1.19 bits per heavy atom. The number of anilines is 1. The average molecular weight is 285 g/mol. The van der Waals surface area contributed by atoms with Crippen LogP contribution in [0.25, 0.3) is 0 Å². The minimum atomic E-state index is -0.328. The molecule has 0 aliphatic heterocycles. The average Bonchev–Trinajstić information content (AvgIpc) is 2.46. The van der Waals surface area contributed by atoms with E-state index in [0.29, 0.717) is 5.69 Å². The van der Waals surface area contributed by atoms with Crippen molar-refractivity contribution in [3.05, 3.63) is 53.3 Å². The molecule has 1 aromatic carbocycles. The Hall–Kier alpha value is -2.56. The van der Waals surface area contributed by atoms with E-state index >= 15 is 0 Å². The van der Waals surface area contributed by atoms with Crippen LogP contribution in [0.1, 0.15) is 16.8 Å². The van der Waals surface area contributed by atoms with Crippen LogP contribution in [0.2, 0.25) is 0 Å². The number of ether oxygens (including phenoxy) is 1. The van der Waals surface area contributed by atoms with Crippen molar-refractivity contribution < 1.29 is 9.53 Å². The number of carbonyl (C=O) groups is 1. The fourth-order valence-electron chi connectivity index (χ4n) is 1.78. The minimum absolute atomic E-state index is 0.107. The van der Waals surface area contributed by atoms with Crippen LogP contribution >= 0.6 is 0 Å². The maximum Gasteiger partial charge on any atom is 0.321 e. The Kier molecular flexibility index (Phi) is 4.77. The number of hydrogen-bond donors (Lipinski definition) is 2. The highest BCUT2D eigenvalue weighted by atomic mass is 16.5. The third-order valence-electron chi connectivity index (χ3n) is 3.18. The van der Waals surface area contributed by atoms with Crippen molar-refractivity contribution in [3.63, 3.8) is 0 Å². The number of urea groups is 1. The number of aromatic nitrogens is 1. The monoisotopic (exact) mass is 285 g/mol. The molecule has 0 saturated heterocycles. The van der Waals surface area contributed by atoms with E-state index < -0.39 is 0 Å². The van der Waals surface area contributed by atoms with E-state index in [1.54, 1.807) is 12.3 Å². The molecule has 1 aromatic heterocycles. The van der Waals surface area contributed by atoms with E-state index in [2.05, 4.69) is 15.6 Å². The zero-order valence-corrected chi connectivity index (χ0v) is 12.4.